The molecule has 0 aliphatic rings. The van der Waals surface area contributed by atoms with Crippen molar-refractivity contribution in [3.63, 3.8) is 0 Å². The highest BCUT2D eigenvalue weighted by Gasteiger charge is 2.07. The van der Waals surface area contributed by atoms with E-state index in [1.807, 2.05) is 19.1 Å². The summed E-state index contributed by atoms with van der Waals surface area (Å²) in [4.78, 5) is 10.4. The van der Waals surface area contributed by atoms with Crippen LogP contribution in [-0.2, 0) is 4.79 Å². The predicted molar refractivity (Wildman–Crippen MR) is 74.3 cm³/mol. The minimum atomic E-state index is -0.969. The lowest BCUT2D eigenvalue weighted by Gasteiger charge is -2.10. The Kier molecular flexibility index (Phi) is 5.71. The molecule has 1 aromatic rings. The first-order chi connectivity index (χ1) is 8.04. The van der Waals surface area contributed by atoms with Crippen LogP contribution in [-0.4, -0.2) is 17.7 Å². The van der Waals surface area contributed by atoms with Crippen LogP contribution in [0.1, 0.15) is 18.9 Å². The summed E-state index contributed by atoms with van der Waals surface area (Å²) in [7, 11) is 0. The Morgan fingerprint density at radius 2 is 2.00 bits per heavy atom. The SMILES string of the molecule is CCCOc1c(Br)cc(C=CC(=O)O)cc1Br. The fourth-order valence-corrected chi connectivity index (χ4v) is 2.64. The number of benzene rings is 1. The molecular weight excluding hydrogens is 352 g/mol. The maximum absolute atomic E-state index is 10.4. The summed E-state index contributed by atoms with van der Waals surface area (Å²) in [6.45, 7) is 2.67. The molecular formula is C12H12Br2O3. The van der Waals surface area contributed by atoms with E-state index in [0.717, 1.165) is 32.8 Å². The van der Waals surface area contributed by atoms with E-state index in [4.69, 9.17) is 9.84 Å². The molecule has 0 aliphatic carbocycles. The van der Waals surface area contributed by atoms with Gasteiger partial charge in [-0.05, 0) is 62.1 Å². The molecule has 1 rings (SSSR count). The maximum Gasteiger partial charge on any atom is 0.328 e. The Morgan fingerprint density at radius 1 is 1.41 bits per heavy atom. The summed E-state index contributed by atoms with van der Waals surface area (Å²) >= 11 is 6.80. The van der Waals surface area contributed by atoms with Crippen LogP contribution in [0, 0.1) is 0 Å². The van der Waals surface area contributed by atoms with Gasteiger partial charge in [-0.15, -0.1) is 0 Å². The Hall–Kier alpha value is -0.810. The molecule has 0 unspecified atom stereocenters. The van der Waals surface area contributed by atoms with Gasteiger partial charge in [0.15, 0.2) is 0 Å². The third kappa shape index (κ3) is 4.52. The molecule has 0 saturated heterocycles. The maximum atomic E-state index is 10.4. The number of ether oxygens (including phenoxy) is 1. The van der Waals surface area contributed by atoms with Gasteiger partial charge in [-0.2, -0.15) is 0 Å². The van der Waals surface area contributed by atoms with E-state index in [0.29, 0.717) is 6.61 Å². The average Bonchev–Trinajstić information content (AvgIpc) is 2.25. The second-order valence-corrected chi connectivity index (χ2v) is 5.04. The Bertz CT molecular complexity index is 418. The summed E-state index contributed by atoms with van der Waals surface area (Å²) in [6, 6.07) is 3.63. The van der Waals surface area contributed by atoms with E-state index >= 15 is 0 Å². The van der Waals surface area contributed by atoms with Crippen molar-refractivity contribution in [3.8, 4) is 5.75 Å². The van der Waals surface area contributed by atoms with Crippen LogP contribution in [0.25, 0.3) is 6.08 Å². The molecule has 0 aromatic heterocycles. The minimum Gasteiger partial charge on any atom is -0.491 e. The molecule has 5 heteroatoms. The first-order valence-electron chi connectivity index (χ1n) is 5.07. The van der Waals surface area contributed by atoms with E-state index in [1.165, 1.54) is 6.08 Å². The van der Waals surface area contributed by atoms with Gasteiger partial charge in [0.2, 0.25) is 0 Å². The lowest BCUT2D eigenvalue weighted by atomic mass is 10.2. The molecule has 0 radical (unpaired) electrons. The lowest BCUT2D eigenvalue weighted by Crippen LogP contribution is -1.97. The van der Waals surface area contributed by atoms with Gasteiger partial charge in [0.1, 0.15) is 5.75 Å². The first-order valence-corrected chi connectivity index (χ1v) is 6.66. The molecule has 0 amide bonds. The molecule has 1 aromatic carbocycles. The van der Waals surface area contributed by atoms with Crippen molar-refractivity contribution < 1.29 is 14.6 Å². The van der Waals surface area contributed by atoms with Crippen LogP contribution in [0.2, 0.25) is 0 Å². The Balaban J connectivity index is 2.96. The Morgan fingerprint density at radius 3 is 2.47 bits per heavy atom. The van der Waals surface area contributed by atoms with Crippen LogP contribution in [0.3, 0.4) is 0 Å². The largest absolute Gasteiger partial charge is 0.491 e. The van der Waals surface area contributed by atoms with Crippen molar-refractivity contribution >= 4 is 43.9 Å². The highest BCUT2D eigenvalue weighted by atomic mass is 79.9. The Labute approximate surface area is 117 Å². The van der Waals surface area contributed by atoms with Gasteiger partial charge >= 0.3 is 5.97 Å². The number of hydrogen-bond donors (Lipinski definition) is 1. The molecule has 0 atom stereocenters. The molecule has 0 bridgehead atoms. The second-order valence-electron chi connectivity index (χ2n) is 3.33. The first kappa shape index (κ1) is 14.3. The van der Waals surface area contributed by atoms with Gasteiger partial charge < -0.3 is 9.84 Å². The standard InChI is InChI=1S/C12H12Br2O3/c1-2-5-17-12-9(13)6-8(7-10(12)14)3-4-11(15)16/h3-4,6-7H,2,5H2,1H3,(H,15,16). The van der Waals surface area contributed by atoms with Gasteiger partial charge in [0.05, 0.1) is 15.6 Å². The summed E-state index contributed by atoms with van der Waals surface area (Å²) in [6.07, 6.45) is 3.56. The van der Waals surface area contributed by atoms with Crippen LogP contribution in [0.4, 0.5) is 0 Å². The van der Waals surface area contributed by atoms with Crippen LogP contribution in [0.15, 0.2) is 27.2 Å². The van der Waals surface area contributed by atoms with Gasteiger partial charge in [-0.1, -0.05) is 6.92 Å². The van der Waals surface area contributed by atoms with Gasteiger partial charge in [0.25, 0.3) is 0 Å². The zero-order valence-corrected chi connectivity index (χ0v) is 12.4. The average molecular weight is 364 g/mol. The number of rotatable bonds is 5. The van der Waals surface area contributed by atoms with E-state index in [9.17, 15) is 4.79 Å². The molecule has 0 aliphatic heterocycles. The number of halogens is 2. The van der Waals surface area contributed by atoms with E-state index in [1.54, 1.807) is 0 Å². The molecule has 0 spiro atoms. The van der Waals surface area contributed by atoms with E-state index in [-0.39, 0.29) is 0 Å². The fourth-order valence-electron chi connectivity index (χ4n) is 1.19. The summed E-state index contributed by atoms with van der Waals surface area (Å²) in [5.74, 6) is -0.233. The van der Waals surface area contributed by atoms with Crippen molar-refractivity contribution in [1.82, 2.24) is 0 Å². The van der Waals surface area contributed by atoms with E-state index in [2.05, 4.69) is 31.9 Å². The van der Waals surface area contributed by atoms with Crippen LogP contribution >= 0.6 is 31.9 Å². The van der Waals surface area contributed by atoms with Gasteiger partial charge in [-0.25, -0.2) is 4.79 Å². The number of carbonyl (C=O) groups is 1. The van der Waals surface area contributed by atoms with Crippen molar-refractivity contribution in [2.45, 2.75) is 13.3 Å². The molecule has 0 heterocycles. The third-order valence-electron chi connectivity index (χ3n) is 1.89. The summed E-state index contributed by atoms with van der Waals surface area (Å²) in [5.41, 5.74) is 0.787. The number of hydrogen-bond acceptors (Lipinski definition) is 2. The number of carboxylic acids is 1. The van der Waals surface area contributed by atoms with Crippen molar-refractivity contribution in [2.24, 2.45) is 0 Å². The third-order valence-corrected chi connectivity index (χ3v) is 3.07. The summed E-state index contributed by atoms with van der Waals surface area (Å²) in [5, 5.41) is 8.55. The van der Waals surface area contributed by atoms with Crippen LogP contribution in [0.5, 0.6) is 5.75 Å². The molecule has 1 N–H and O–H groups in total. The predicted octanol–water partition coefficient (Wildman–Crippen LogP) is 4.10. The van der Waals surface area contributed by atoms with Crippen molar-refractivity contribution in [2.75, 3.05) is 6.61 Å². The number of carboxylic acid groups (broad SMARTS) is 1. The van der Waals surface area contributed by atoms with Gasteiger partial charge in [0, 0.05) is 6.08 Å². The lowest BCUT2D eigenvalue weighted by molar-refractivity contribution is -0.131. The fraction of sp³-hybridized carbons (Fsp3) is 0.250. The topological polar surface area (TPSA) is 46.5 Å². The second kappa shape index (κ2) is 6.81. The minimum absolute atomic E-state index is 0.640. The molecule has 3 nitrogen and oxygen atoms in total. The smallest absolute Gasteiger partial charge is 0.328 e. The highest BCUT2D eigenvalue weighted by molar-refractivity contribution is 9.11. The normalized spacial score (nSPS) is 10.8. The molecule has 17 heavy (non-hydrogen) atoms. The molecule has 0 fully saturated rings. The highest BCUT2D eigenvalue weighted by Crippen LogP contribution is 2.35. The molecule has 0 saturated carbocycles. The van der Waals surface area contributed by atoms with Crippen molar-refractivity contribution in [1.29, 1.82) is 0 Å². The quantitative estimate of drug-likeness (QED) is 0.801. The number of aliphatic carboxylic acids is 1. The van der Waals surface area contributed by atoms with Gasteiger partial charge in [-0.3, -0.25) is 0 Å². The van der Waals surface area contributed by atoms with E-state index < -0.39 is 5.97 Å². The summed E-state index contributed by atoms with van der Waals surface area (Å²) < 4.78 is 7.16. The zero-order chi connectivity index (χ0) is 12.8. The monoisotopic (exact) mass is 362 g/mol. The van der Waals surface area contributed by atoms with Crippen molar-refractivity contribution in [3.05, 3.63) is 32.7 Å². The van der Waals surface area contributed by atoms with Crippen LogP contribution < -0.4 is 4.74 Å². The zero-order valence-electron chi connectivity index (χ0n) is 9.24. The molecule has 92 valence electrons.